The first kappa shape index (κ1) is 13.6. The van der Waals surface area contributed by atoms with E-state index in [4.69, 9.17) is 5.11 Å². The van der Waals surface area contributed by atoms with Crippen molar-refractivity contribution in [3.63, 3.8) is 0 Å². The van der Waals surface area contributed by atoms with Gasteiger partial charge < -0.3 is 9.67 Å². The SMILES string of the molecule is Cn1cc(Cn2c(SCC(=O)O)nc3cnccc32)cn1. The van der Waals surface area contributed by atoms with Crippen molar-refractivity contribution in [3.8, 4) is 0 Å². The van der Waals surface area contributed by atoms with Gasteiger partial charge in [0.05, 0.1) is 30.2 Å². The van der Waals surface area contributed by atoms with E-state index in [1.54, 1.807) is 23.3 Å². The first-order valence-electron chi connectivity index (χ1n) is 6.26. The minimum Gasteiger partial charge on any atom is -0.481 e. The Balaban J connectivity index is 2.00. The maximum atomic E-state index is 10.8. The van der Waals surface area contributed by atoms with Gasteiger partial charge in [0.2, 0.25) is 0 Å². The third-order valence-corrected chi connectivity index (χ3v) is 3.90. The summed E-state index contributed by atoms with van der Waals surface area (Å²) < 4.78 is 3.72. The minimum absolute atomic E-state index is 0.0240. The van der Waals surface area contributed by atoms with Crippen LogP contribution >= 0.6 is 11.8 Å². The van der Waals surface area contributed by atoms with Crippen LogP contribution in [0.25, 0.3) is 11.0 Å². The molecule has 108 valence electrons. The lowest BCUT2D eigenvalue weighted by molar-refractivity contribution is -0.133. The third-order valence-electron chi connectivity index (χ3n) is 2.94. The van der Waals surface area contributed by atoms with Crippen LogP contribution in [0.15, 0.2) is 36.0 Å². The summed E-state index contributed by atoms with van der Waals surface area (Å²) in [6.07, 6.45) is 7.10. The number of rotatable bonds is 5. The van der Waals surface area contributed by atoms with E-state index in [-0.39, 0.29) is 5.75 Å². The van der Waals surface area contributed by atoms with E-state index in [1.165, 1.54) is 11.8 Å². The monoisotopic (exact) mass is 303 g/mol. The number of nitrogens with zero attached hydrogens (tertiary/aromatic N) is 5. The van der Waals surface area contributed by atoms with Gasteiger partial charge in [0, 0.05) is 25.0 Å². The van der Waals surface area contributed by atoms with Crippen LogP contribution in [0.4, 0.5) is 0 Å². The lowest BCUT2D eigenvalue weighted by atomic mass is 10.3. The lowest BCUT2D eigenvalue weighted by Gasteiger charge is -2.06. The van der Waals surface area contributed by atoms with Crippen LogP contribution in [0.5, 0.6) is 0 Å². The molecule has 0 spiro atoms. The first-order valence-corrected chi connectivity index (χ1v) is 7.24. The van der Waals surface area contributed by atoms with Crippen LogP contribution in [0.2, 0.25) is 0 Å². The molecule has 0 fully saturated rings. The molecule has 0 saturated heterocycles. The number of hydrogen-bond acceptors (Lipinski definition) is 5. The standard InChI is InChI=1S/C13H13N5O2S/c1-17-6-9(4-15-17)7-18-11-2-3-14-5-10(11)16-13(18)21-8-12(19)20/h2-6H,7-8H2,1H3,(H,19,20). The van der Waals surface area contributed by atoms with Gasteiger partial charge in [0.25, 0.3) is 0 Å². The van der Waals surface area contributed by atoms with Crippen LogP contribution in [0.3, 0.4) is 0 Å². The highest BCUT2D eigenvalue weighted by Gasteiger charge is 2.13. The van der Waals surface area contributed by atoms with Crippen molar-refractivity contribution in [1.82, 2.24) is 24.3 Å². The maximum absolute atomic E-state index is 10.8. The summed E-state index contributed by atoms with van der Waals surface area (Å²) in [5, 5.41) is 13.7. The lowest BCUT2D eigenvalue weighted by Crippen LogP contribution is -2.04. The van der Waals surface area contributed by atoms with Gasteiger partial charge in [-0.2, -0.15) is 5.10 Å². The average Bonchev–Trinajstić information content (AvgIpc) is 3.01. The second-order valence-corrected chi connectivity index (χ2v) is 5.49. The van der Waals surface area contributed by atoms with Crippen LogP contribution in [0, 0.1) is 0 Å². The Hall–Kier alpha value is -2.35. The molecule has 0 aliphatic rings. The summed E-state index contributed by atoms with van der Waals surface area (Å²) in [4.78, 5) is 19.3. The molecule has 0 unspecified atom stereocenters. The Kier molecular flexibility index (Phi) is 3.61. The van der Waals surface area contributed by atoms with E-state index in [1.807, 2.05) is 23.9 Å². The molecule has 0 aliphatic heterocycles. The smallest absolute Gasteiger partial charge is 0.313 e. The van der Waals surface area contributed by atoms with Crippen LogP contribution in [-0.4, -0.2) is 41.1 Å². The predicted octanol–water partition coefficient (Wildman–Crippen LogP) is 1.39. The third kappa shape index (κ3) is 2.89. The number of pyridine rings is 1. The van der Waals surface area contributed by atoms with Gasteiger partial charge in [-0.25, -0.2) is 4.98 Å². The molecule has 21 heavy (non-hydrogen) atoms. The summed E-state index contributed by atoms with van der Waals surface area (Å²) in [7, 11) is 1.86. The van der Waals surface area contributed by atoms with Gasteiger partial charge in [-0.1, -0.05) is 11.8 Å². The van der Waals surface area contributed by atoms with Crippen molar-refractivity contribution >= 4 is 28.8 Å². The molecule has 0 aliphatic carbocycles. The zero-order chi connectivity index (χ0) is 14.8. The quantitative estimate of drug-likeness (QED) is 0.717. The highest BCUT2D eigenvalue weighted by Crippen LogP contribution is 2.24. The number of aliphatic carboxylic acids is 1. The summed E-state index contributed by atoms with van der Waals surface area (Å²) >= 11 is 1.20. The van der Waals surface area contributed by atoms with Gasteiger partial charge in [-0.3, -0.25) is 14.5 Å². The molecule has 0 saturated carbocycles. The topological polar surface area (TPSA) is 85.8 Å². The van der Waals surface area contributed by atoms with Crippen molar-refractivity contribution < 1.29 is 9.90 Å². The summed E-state index contributed by atoms with van der Waals surface area (Å²) in [6, 6.07) is 1.88. The van der Waals surface area contributed by atoms with E-state index in [0.29, 0.717) is 11.7 Å². The van der Waals surface area contributed by atoms with Crippen LogP contribution in [-0.2, 0) is 18.4 Å². The molecule has 3 aromatic heterocycles. The van der Waals surface area contributed by atoms with E-state index < -0.39 is 5.97 Å². The molecule has 0 amide bonds. The maximum Gasteiger partial charge on any atom is 0.313 e. The molecule has 3 aromatic rings. The number of aromatic nitrogens is 5. The van der Waals surface area contributed by atoms with Crippen LogP contribution in [0.1, 0.15) is 5.56 Å². The minimum atomic E-state index is -0.863. The summed E-state index contributed by atoms with van der Waals surface area (Å²) in [6.45, 7) is 0.594. The number of fused-ring (bicyclic) bond motifs is 1. The van der Waals surface area contributed by atoms with Gasteiger partial charge in [-0.05, 0) is 6.07 Å². The molecule has 0 bridgehead atoms. The Morgan fingerprint density at radius 3 is 3.00 bits per heavy atom. The zero-order valence-electron chi connectivity index (χ0n) is 11.3. The number of imidazole rings is 1. The Morgan fingerprint density at radius 1 is 1.43 bits per heavy atom. The second kappa shape index (κ2) is 5.57. The molecule has 0 aromatic carbocycles. The Labute approximate surface area is 124 Å². The van der Waals surface area contributed by atoms with E-state index in [9.17, 15) is 4.79 Å². The highest BCUT2D eigenvalue weighted by atomic mass is 32.2. The molecule has 0 atom stereocenters. The number of carbonyl (C=O) groups is 1. The average molecular weight is 303 g/mol. The number of aryl methyl sites for hydroxylation is 1. The van der Waals surface area contributed by atoms with Gasteiger partial charge in [0.15, 0.2) is 5.16 Å². The van der Waals surface area contributed by atoms with Crippen LogP contribution < -0.4 is 0 Å². The largest absolute Gasteiger partial charge is 0.481 e. The highest BCUT2D eigenvalue weighted by molar-refractivity contribution is 7.99. The Morgan fingerprint density at radius 2 is 2.29 bits per heavy atom. The van der Waals surface area contributed by atoms with Gasteiger partial charge in [-0.15, -0.1) is 0 Å². The van der Waals surface area contributed by atoms with Crippen molar-refractivity contribution in [1.29, 1.82) is 0 Å². The number of carboxylic acids is 1. The zero-order valence-corrected chi connectivity index (χ0v) is 12.1. The van der Waals surface area contributed by atoms with Crippen molar-refractivity contribution in [2.75, 3.05) is 5.75 Å². The molecular formula is C13H13N5O2S. The molecule has 3 heterocycles. The number of hydrogen-bond donors (Lipinski definition) is 1. The Bertz CT molecular complexity index is 795. The van der Waals surface area contributed by atoms with E-state index >= 15 is 0 Å². The fourth-order valence-electron chi connectivity index (χ4n) is 2.08. The van der Waals surface area contributed by atoms with Crippen molar-refractivity contribution in [2.45, 2.75) is 11.7 Å². The first-order chi connectivity index (χ1) is 10.1. The van der Waals surface area contributed by atoms with Gasteiger partial charge in [0.1, 0.15) is 5.52 Å². The fraction of sp³-hybridized carbons (Fsp3) is 0.231. The molecule has 1 N–H and O–H groups in total. The summed E-state index contributed by atoms with van der Waals surface area (Å²) in [5.41, 5.74) is 2.72. The fourth-order valence-corrected chi connectivity index (χ4v) is 2.82. The molecular weight excluding hydrogens is 290 g/mol. The molecule has 7 nitrogen and oxygen atoms in total. The molecule has 3 rings (SSSR count). The van der Waals surface area contributed by atoms with Crippen molar-refractivity contribution in [2.24, 2.45) is 7.05 Å². The number of carboxylic acid groups (broad SMARTS) is 1. The van der Waals surface area contributed by atoms with E-state index in [0.717, 1.165) is 16.6 Å². The summed E-state index contributed by atoms with van der Waals surface area (Å²) in [5.74, 6) is -0.887. The van der Waals surface area contributed by atoms with E-state index in [2.05, 4.69) is 15.1 Å². The predicted molar refractivity (Wildman–Crippen MR) is 78.2 cm³/mol. The number of thioether (sulfide) groups is 1. The molecule has 0 radical (unpaired) electrons. The van der Waals surface area contributed by atoms with Gasteiger partial charge >= 0.3 is 5.97 Å². The molecule has 8 heteroatoms. The second-order valence-electron chi connectivity index (χ2n) is 4.55. The normalized spacial score (nSPS) is 11.1. The van der Waals surface area contributed by atoms with Crippen molar-refractivity contribution in [3.05, 3.63) is 36.4 Å².